The van der Waals surface area contributed by atoms with E-state index in [1.54, 1.807) is 6.07 Å². The topological polar surface area (TPSA) is 69.4 Å². The highest BCUT2D eigenvalue weighted by molar-refractivity contribution is 5.73. The van der Waals surface area contributed by atoms with Gasteiger partial charge in [0.05, 0.1) is 18.5 Å². The average molecular weight is 223 g/mol. The number of aryl methyl sites for hydroxylation is 1. The molecule has 0 spiro atoms. The molecule has 16 heavy (non-hydrogen) atoms. The molecule has 1 rings (SSSR count). The van der Waals surface area contributed by atoms with Gasteiger partial charge in [0.25, 0.3) is 5.69 Å². The molecule has 0 unspecified atom stereocenters. The minimum Gasteiger partial charge on any atom is -0.469 e. The number of nitro benzene ring substituents is 1. The van der Waals surface area contributed by atoms with Gasteiger partial charge in [-0.05, 0) is 17.5 Å². The van der Waals surface area contributed by atoms with Gasteiger partial charge in [0.1, 0.15) is 0 Å². The van der Waals surface area contributed by atoms with Gasteiger partial charge < -0.3 is 4.74 Å². The Hall–Kier alpha value is -1.91. The van der Waals surface area contributed by atoms with Gasteiger partial charge in [0.15, 0.2) is 0 Å². The van der Waals surface area contributed by atoms with Crippen molar-refractivity contribution in [3.8, 4) is 0 Å². The minimum absolute atomic E-state index is 0.0467. The lowest BCUT2D eigenvalue weighted by molar-refractivity contribution is -0.384. The molecular weight excluding hydrogens is 210 g/mol. The van der Waals surface area contributed by atoms with E-state index in [9.17, 15) is 14.9 Å². The zero-order chi connectivity index (χ0) is 12.1. The molecule has 0 saturated heterocycles. The van der Waals surface area contributed by atoms with Crippen LogP contribution in [0.3, 0.4) is 0 Å². The standard InChI is InChI=1S/C11H13NO4/c1-3-8-6-10(12(14)15)5-4-9(8)7-11(13)16-2/h4-6H,3,7H2,1-2H3. The van der Waals surface area contributed by atoms with Crippen molar-refractivity contribution in [2.75, 3.05) is 7.11 Å². The lowest BCUT2D eigenvalue weighted by Gasteiger charge is -2.06. The summed E-state index contributed by atoms with van der Waals surface area (Å²) in [6.45, 7) is 1.89. The van der Waals surface area contributed by atoms with Crippen LogP contribution in [0.2, 0.25) is 0 Å². The third-order valence-corrected chi connectivity index (χ3v) is 2.34. The summed E-state index contributed by atoms with van der Waals surface area (Å²) >= 11 is 0. The van der Waals surface area contributed by atoms with Gasteiger partial charge in [0, 0.05) is 12.1 Å². The van der Waals surface area contributed by atoms with Crippen molar-refractivity contribution >= 4 is 11.7 Å². The van der Waals surface area contributed by atoms with Crippen molar-refractivity contribution in [2.45, 2.75) is 19.8 Å². The van der Waals surface area contributed by atoms with Crippen LogP contribution in [0.4, 0.5) is 5.69 Å². The van der Waals surface area contributed by atoms with E-state index < -0.39 is 4.92 Å². The first-order valence-electron chi connectivity index (χ1n) is 4.91. The third-order valence-electron chi connectivity index (χ3n) is 2.34. The molecular formula is C11H13NO4. The number of methoxy groups -OCH3 is 1. The van der Waals surface area contributed by atoms with Crippen LogP contribution in [0.1, 0.15) is 18.1 Å². The number of esters is 1. The molecule has 5 nitrogen and oxygen atoms in total. The van der Waals surface area contributed by atoms with E-state index in [0.29, 0.717) is 6.42 Å². The maximum absolute atomic E-state index is 11.1. The van der Waals surface area contributed by atoms with Gasteiger partial charge in [-0.2, -0.15) is 0 Å². The predicted octanol–water partition coefficient (Wildman–Crippen LogP) is 1.87. The number of carbonyl (C=O) groups is 1. The number of non-ortho nitro benzene ring substituents is 1. The number of rotatable bonds is 4. The second-order valence-corrected chi connectivity index (χ2v) is 3.32. The Morgan fingerprint density at radius 2 is 2.12 bits per heavy atom. The Morgan fingerprint density at radius 3 is 2.62 bits per heavy atom. The number of ether oxygens (including phenoxy) is 1. The fraction of sp³-hybridized carbons (Fsp3) is 0.364. The third kappa shape index (κ3) is 2.79. The van der Waals surface area contributed by atoms with Gasteiger partial charge in [-0.3, -0.25) is 14.9 Å². The molecule has 1 aromatic carbocycles. The largest absolute Gasteiger partial charge is 0.469 e. The fourth-order valence-electron chi connectivity index (χ4n) is 1.46. The fourth-order valence-corrected chi connectivity index (χ4v) is 1.46. The van der Waals surface area contributed by atoms with Gasteiger partial charge >= 0.3 is 5.97 Å². The zero-order valence-corrected chi connectivity index (χ0v) is 9.23. The molecule has 1 aromatic rings. The monoisotopic (exact) mass is 223 g/mol. The maximum atomic E-state index is 11.1. The van der Waals surface area contributed by atoms with E-state index in [1.165, 1.54) is 19.2 Å². The SMILES string of the molecule is CCc1cc([N+](=O)[O-])ccc1CC(=O)OC. The van der Waals surface area contributed by atoms with Crippen molar-refractivity contribution < 1.29 is 14.5 Å². The van der Waals surface area contributed by atoms with Gasteiger partial charge in [-0.1, -0.05) is 13.0 Å². The predicted molar refractivity (Wildman–Crippen MR) is 58.2 cm³/mol. The lowest BCUT2D eigenvalue weighted by Crippen LogP contribution is -2.07. The Bertz CT molecular complexity index is 414. The Balaban J connectivity index is 3.02. The normalized spacial score (nSPS) is 9.88. The first-order chi connectivity index (χ1) is 7.58. The first kappa shape index (κ1) is 12.2. The molecule has 0 fully saturated rings. The summed E-state index contributed by atoms with van der Waals surface area (Å²) in [5, 5.41) is 10.6. The smallest absolute Gasteiger partial charge is 0.309 e. The van der Waals surface area contributed by atoms with Crippen LogP contribution in [-0.4, -0.2) is 18.0 Å². The van der Waals surface area contributed by atoms with E-state index >= 15 is 0 Å². The zero-order valence-electron chi connectivity index (χ0n) is 9.23. The molecule has 0 aliphatic carbocycles. The van der Waals surface area contributed by atoms with E-state index in [1.807, 2.05) is 6.92 Å². The Kier molecular flexibility index (Phi) is 3.99. The Labute approximate surface area is 93.2 Å². The van der Waals surface area contributed by atoms with Gasteiger partial charge in [0.2, 0.25) is 0 Å². The second-order valence-electron chi connectivity index (χ2n) is 3.32. The second kappa shape index (κ2) is 5.25. The first-order valence-corrected chi connectivity index (χ1v) is 4.91. The van der Waals surface area contributed by atoms with Crippen LogP contribution in [-0.2, 0) is 22.4 Å². The van der Waals surface area contributed by atoms with Crippen LogP contribution in [0.15, 0.2) is 18.2 Å². The Morgan fingerprint density at radius 1 is 1.44 bits per heavy atom. The lowest BCUT2D eigenvalue weighted by atomic mass is 10.0. The highest BCUT2D eigenvalue weighted by Crippen LogP contribution is 2.19. The van der Waals surface area contributed by atoms with Crippen molar-refractivity contribution in [3.05, 3.63) is 39.4 Å². The molecule has 0 bridgehead atoms. The highest BCUT2D eigenvalue weighted by atomic mass is 16.6. The van der Waals surface area contributed by atoms with Crippen LogP contribution in [0.5, 0.6) is 0 Å². The molecule has 0 saturated carbocycles. The van der Waals surface area contributed by atoms with Crippen LogP contribution in [0, 0.1) is 10.1 Å². The van der Waals surface area contributed by atoms with Crippen LogP contribution < -0.4 is 0 Å². The summed E-state index contributed by atoms with van der Waals surface area (Å²) in [7, 11) is 1.32. The summed E-state index contributed by atoms with van der Waals surface area (Å²) in [6, 6.07) is 4.50. The number of hydrogen-bond acceptors (Lipinski definition) is 4. The van der Waals surface area contributed by atoms with E-state index in [4.69, 9.17) is 0 Å². The number of hydrogen-bond donors (Lipinski definition) is 0. The summed E-state index contributed by atoms with van der Waals surface area (Å²) in [4.78, 5) is 21.2. The number of carbonyl (C=O) groups excluding carboxylic acids is 1. The van der Waals surface area contributed by atoms with E-state index in [0.717, 1.165) is 11.1 Å². The highest BCUT2D eigenvalue weighted by Gasteiger charge is 2.12. The summed E-state index contributed by atoms with van der Waals surface area (Å²) in [6.07, 6.45) is 0.797. The van der Waals surface area contributed by atoms with Gasteiger partial charge in [-0.25, -0.2) is 0 Å². The minimum atomic E-state index is -0.443. The average Bonchev–Trinajstić information content (AvgIpc) is 2.29. The maximum Gasteiger partial charge on any atom is 0.309 e. The van der Waals surface area contributed by atoms with Gasteiger partial charge in [-0.15, -0.1) is 0 Å². The van der Waals surface area contributed by atoms with Crippen LogP contribution in [0.25, 0.3) is 0 Å². The summed E-state index contributed by atoms with van der Waals surface area (Å²) in [5.74, 6) is -0.344. The molecule has 0 aromatic heterocycles. The molecule has 0 amide bonds. The number of nitro groups is 1. The van der Waals surface area contributed by atoms with Crippen molar-refractivity contribution in [1.82, 2.24) is 0 Å². The van der Waals surface area contributed by atoms with Crippen molar-refractivity contribution in [1.29, 1.82) is 0 Å². The van der Waals surface area contributed by atoms with Crippen LogP contribution >= 0.6 is 0 Å². The molecule has 86 valence electrons. The van der Waals surface area contributed by atoms with E-state index in [2.05, 4.69) is 4.74 Å². The van der Waals surface area contributed by atoms with E-state index in [-0.39, 0.29) is 18.1 Å². The molecule has 0 heterocycles. The summed E-state index contributed by atoms with van der Waals surface area (Å²) < 4.78 is 4.56. The van der Waals surface area contributed by atoms with Crippen molar-refractivity contribution in [2.24, 2.45) is 0 Å². The number of nitrogens with zero attached hydrogens (tertiary/aromatic N) is 1. The molecule has 0 N–H and O–H groups in total. The number of benzene rings is 1. The quantitative estimate of drug-likeness (QED) is 0.444. The summed E-state index contributed by atoms with van der Waals surface area (Å²) in [5.41, 5.74) is 1.63. The molecule has 0 aliphatic rings. The molecule has 0 aliphatic heterocycles. The van der Waals surface area contributed by atoms with Crippen molar-refractivity contribution in [3.63, 3.8) is 0 Å². The molecule has 5 heteroatoms. The molecule has 0 atom stereocenters. The molecule has 0 radical (unpaired) electrons.